The van der Waals surface area contributed by atoms with Crippen LogP contribution in [-0.2, 0) is 16.2 Å². The van der Waals surface area contributed by atoms with Crippen LogP contribution in [0.15, 0.2) is 91.3 Å². The number of aromatic amines is 2. The molecule has 0 fully saturated rings. The zero-order valence-electron chi connectivity index (χ0n) is 17.7. The Bertz CT molecular complexity index is 1260. The van der Waals surface area contributed by atoms with E-state index >= 15 is 0 Å². The minimum Gasteiger partial charge on any atom is -0.361 e. The number of H-pyrrole nitrogens is 2. The van der Waals surface area contributed by atoms with Gasteiger partial charge in [-0.15, -0.1) is 0 Å². The number of hydroxylamine groups is 1. The van der Waals surface area contributed by atoms with E-state index in [2.05, 4.69) is 64.2 Å². The first kappa shape index (κ1) is 20.1. The summed E-state index contributed by atoms with van der Waals surface area (Å²) in [7, 11) is 0. The summed E-state index contributed by atoms with van der Waals surface area (Å²) < 4.78 is 0. The molecule has 0 spiro atoms. The van der Waals surface area contributed by atoms with Gasteiger partial charge in [0.1, 0.15) is 0 Å². The Morgan fingerprint density at radius 2 is 1.34 bits per heavy atom. The number of aromatic nitrogens is 2. The molecule has 2 aromatic heterocycles. The number of hydrogen-bond donors (Lipinski definition) is 3. The normalized spacial score (nSPS) is 11.4. The fourth-order valence-electron chi connectivity index (χ4n) is 4.34. The van der Waals surface area contributed by atoms with Gasteiger partial charge in [-0.1, -0.05) is 66.7 Å². The summed E-state index contributed by atoms with van der Waals surface area (Å²) in [4.78, 5) is 24.7. The van der Waals surface area contributed by atoms with Crippen molar-refractivity contribution in [1.82, 2.24) is 15.4 Å². The van der Waals surface area contributed by atoms with Crippen molar-refractivity contribution in [2.75, 3.05) is 0 Å². The zero-order valence-corrected chi connectivity index (χ0v) is 17.7. The van der Waals surface area contributed by atoms with Crippen molar-refractivity contribution >= 4 is 27.7 Å². The van der Waals surface area contributed by atoms with Crippen molar-refractivity contribution < 1.29 is 9.63 Å². The van der Waals surface area contributed by atoms with E-state index in [0.29, 0.717) is 19.4 Å². The monoisotopic (exact) mass is 423 g/mol. The molecule has 2 heterocycles. The summed E-state index contributed by atoms with van der Waals surface area (Å²) in [5, 5.41) is 2.37. The molecule has 32 heavy (non-hydrogen) atoms. The van der Waals surface area contributed by atoms with Gasteiger partial charge in [0, 0.05) is 46.5 Å². The third-order valence-corrected chi connectivity index (χ3v) is 5.92. The number of hydrogen-bond acceptors (Lipinski definition) is 2. The van der Waals surface area contributed by atoms with Crippen LogP contribution in [-0.4, -0.2) is 15.9 Å². The second kappa shape index (κ2) is 9.12. The molecule has 0 saturated heterocycles. The molecule has 0 unspecified atom stereocenters. The van der Waals surface area contributed by atoms with Gasteiger partial charge in [-0.2, -0.15) is 0 Å². The average molecular weight is 424 g/mol. The Morgan fingerprint density at radius 3 is 1.97 bits per heavy atom. The van der Waals surface area contributed by atoms with Gasteiger partial charge in [0.25, 0.3) is 0 Å². The molecule has 5 heteroatoms. The first-order valence-electron chi connectivity index (χ1n) is 10.9. The number of fused-ring (bicyclic) bond motifs is 2. The van der Waals surface area contributed by atoms with Gasteiger partial charge < -0.3 is 9.97 Å². The molecule has 3 N–H and O–H groups in total. The van der Waals surface area contributed by atoms with E-state index in [1.807, 2.05) is 42.5 Å². The Kier molecular flexibility index (Phi) is 5.73. The van der Waals surface area contributed by atoms with E-state index in [1.54, 1.807) is 0 Å². The first-order chi connectivity index (χ1) is 15.8. The standard InChI is InChI=1S/C27H25N3O2/c31-27(30-32-18-19-8-2-1-3-9-19)15-14-20(23-16-28-25-12-6-4-10-21(23)25)24-17-29-26-13-7-5-11-22(24)26/h1-13,16-17,20,28-29H,14-15,18H2,(H,30,31). The van der Waals surface area contributed by atoms with Crippen molar-refractivity contribution in [2.24, 2.45) is 0 Å². The topological polar surface area (TPSA) is 69.9 Å². The van der Waals surface area contributed by atoms with Crippen LogP contribution in [0.25, 0.3) is 21.8 Å². The average Bonchev–Trinajstić information content (AvgIpc) is 3.45. The van der Waals surface area contributed by atoms with Crippen LogP contribution in [0, 0.1) is 0 Å². The molecular formula is C27H25N3O2. The van der Waals surface area contributed by atoms with Crippen molar-refractivity contribution in [3.63, 3.8) is 0 Å². The minimum atomic E-state index is -0.120. The maximum atomic E-state index is 12.6. The Labute approximate surface area is 186 Å². The van der Waals surface area contributed by atoms with Gasteiger partial charge in [-0.25, -0.2) is 5.48 Å². The van der Waals surface area contributed by atoms with Crippen LogP contribution >= 0.6 is 0 Å². The second-order valence-electron chi connectivity index (χ2n) is 7.97. The molecule has 0 saturated carbocycles. The summed E-state index contributed by atoms with van der Waals surface area (Å²) in [6.07, 6.45) is 5.17. The summed E-state index contributed by atoms with van der Waals surface area (Å²) in [5.41, 5.74) is 8.21. The van der Waals surface area contributed by atoms with E-state index in [1.165, 1.54) is 21.9 Å². The summed E-state index contributed by atoms with van der Waals surface area (Å²) in [6.45, 7) is 0.348. The highest BCUT2D eigenvalue weighted by molar-refractivity contribution is 5.88. The zero-order chi connectivity index (χ0) is 21.8. The van der Waals surface area contributed by atoms with Crippen LogP contribution < -0.4 is 5.48 Å². The fourth-order valence-corrected chi connectivity index (χ4v) is 4.34. The summed E-state index contributed by atoms with van der Waals surface area (Å²) in [6, 6.07) is 26.4. The van der Waals surface area contributed by atoms with Crippen molar-refractivity contribution in [1.29, 1.82) is 0 Å². The Morgan fingerprint density at radius 1 is 0.781 bits per heavy atom. The van der Waals surface area contributed by atoms with Crippen LogP contribution in [0.3, 0.4) is 0 Å². The molecular weight excluding hydrogens is 398 g/mol. The van der Waals surface area contributed by atoms with Gasteiger partial charge in [-0.05, 0) is 35.2 Å². The SMILES string of the molecule is O=C(CCC(c1c[nH]c2ccccc12)c1c[nH]c2ccccc12)NOCc1ccccc1. The number of carbonyl (C=O) groups is 1. The maximum absolute atomic E-state index is 12.6. The highest BCUT2D eigenvalue weighted by atomic mass is 16.6. The van der Waals surface area contributed by atoms with Gasteiger partial charge in [0.05, 0.1) is 6.61 Å². The maximum Gasteiger partial charge on any atom is 0.243 e. The van der Waals surface area contributed by atoms with Crippen molar-refractivity contribution in [3.05, 3.63) is 108 Å². The fraction of sp³-hybridized carbons (Fsp3) is 0.148. The predicted molar refractivity (Wildman–Crippen MR) is 127 cm³/mol. The Balaban J connectivity index is 1.35. The lowest BCUT2D eigenvalue weighted by Gasteiger charge is -2.16. The Hall–Kier alpha value is -3.83. The molecule has 5 nitrogen and oxygen atoms in total. The van der Waals surface area contributed by atoms with Crippen LogP contribution in [0.2, 0.25) is 0 Å². The third-order valence-electron chi connectivity index (χ3n) is 5.92. The quantitative estimate of drug-likeness (QED) is 0.276. The number of carbonyl (C=O) groups excluding carboxylic acids is 1. The molecule has 5 rings (SSSR count). The first-order valence-corrected chi connectivity index (χ1v) is 10.9. The van der Waals surface area contributed by atoms with Gasteiger partial charge in [-0.3, -0.25) is 9.63 Å². The molecule has 0 bridgehead atoms. The predicted octanol–water partition coefficient (Wildman–Crippen LogP) is 5.81. The molecule has 1 amide bonds. The molecule has 160 valence electrons. The lowest BCUT2D eigenvalue weighted by atomic mass is 9.87. The van der Waals surface area contributed by atoms with E-state index in [-0.39, 0.29) is 11.8 Å². The molecule has 3 aromatic carbocycles. The smallest absolute Gasteiger partial charge is 0.243 e. The minimum absolute atomic E-state index is 0.0715. The highest BCUT2D eigenvalue weighted by Gasteiger charge is 2.22. The molecule has 5 aromatic rings. The largest absolute Gasteiger partial charge is 0.361 e. The van der Waals surface area contributed by atoms with Crippen LogP contribution in [0.5, 0.6) is 0 Å². The number of amides is 1. The molecule has 0 aliphatic carbocycles. The van der Waals surface area contributed by atoms with E-state index < -0.39 is 0 Å². The number of benzene rings is 3. The summed E-state index contributed by atoms with van der Waals surface area (Å²) in [5.74, 6) is -0.0483. The highest BCUT2D eigenvalue weighted by Crippen LogP contribution is 2.37. The van der Waals surface area contributed by atoms with Crippen molar-refractivity contribution in [2.45, 2.75) is 25.4 Å². The number of nitrogens with one attached hydrogen (secondary N) is 3. The van der Waals surface area contributed by atoms with Gasteiger partial charge in [0.2, 0.25) is 5.91 Å². The third kappa shape index (κ3) is 4.15. The molecule has 0 radical (unpaired) electrons. The lowest BCUT2D eigenvalue weighted by Crippen LogP contribution is -2.23. The van der Waals surface area contributed by atoms with Crippen LogP contribution in [0.4, 0.5) is 0 Å². The summed E-state index contributed by atoms with van der Waals surface area (Å²) >= 11 is 0. The van der Waals surface area contributed by atoms with E-state index in [9.17, 15) is 4.79 Å². The molecule has 0 atom stereocenters. The van der Waals surface area contributed by atoms with E-state index in [0.717, 1.165) is 16.6 Å². The molecule has 0 aliphatic rings. The van der Waals surface area contributed by atoms with Gasteiger partial charge >= 0.3 is 0 Å². The molecule has 0 aliphatic heterocycles. The van der Waals surface area contributed by atoms with E-state index in [4.69, 9.17) is 4.84 Å². The second-order valence-corrected chi connectivity index (χ2v) is 7.97. The number of rotatable bonds is 8. The lowest BCUT2D eigenvalue weighted by molar-refractivity contribution is -0.134. The van der Waals surface area contributed by atoms with Crippen molar-refractivity contribution in [3.8, 4) is 0 Å². The van der Waals surface area contributed by atoms with Gasteiger partial charge in [0.15, 0.2) is 0 Å². The van der Waals surface area contributed by atoms with Crippen LogP contribution in [0.1, 0.15) is 35.4 Å². The number of para-hydroxylation sites is 2.